The summed E-state index contributed by atoms with van der Waals surface area (Å²) in [6, 6.07) is 7.98. The van der Waals surface area contributed by atoms with Crippen LogP contribution in [0.4, 0.5) is 0 Å². The van der Waals surface area contributed by atoms with Crippen LogP contribution in [0, 0.1) is 0 Å². The van der Waals surface area contributed by atoms with Gasteiger partial charge in [-0.15, -0.1) is 0 Å². The zero-order valence-electron chi connectivity index (χ0n) is 15.3. The molecule has 0 heterocycles. The first-order valence-corrected chi connectivity index (χ1v) is 10.0. The minimum absolute atomic E-state index is 0.0105. The molecular weight excluding hydrogens is 471 g/mol. The van der Waals surface area contributed by atoms with Crippen LogP contribution in [-0.2, 0) is 11.2 Å². The molecule has 2 aromatic carbocycles. The van der Waals surface area contributed by atoms with Gasteiger partial charge < -0.3 is 9.47 Å². The molecule has 0 radical (unpaired) electrons. The number of carbonyl (C=O) groups is 2. The zero-order chi connectivity index (χ0) is 20.7. The summed E-state index contributed by atoms with van der Waals surface area (Å²) in [4.78, 5) is 24.4. The first-order chi connectivity index (χ1) is 13.3. The minimum Gasteiger partial charge on any atom is -0.490 e. The van der Waals surface area contributed by atoms with Gasteiger partial charge in [-0.2, -0.15) is 0 Å². The quantitative estimate of drug-likeness (QED) is 0.559. The molecule has 9 heteroatoms. The predicted octanol–water partition coefficient (Wildman–Crippen LogP) is 4.56. The van der Waals surface area contributed by atoms with Gasteiger partial charge in [0, 0.05) is 9.50 Å². The SMILES string of the molecule is CCOc1cc(Br)c(CC(=O)NNC(=O)c2cc(Cl)ccc2Cl)cc1OCC. The van der Waals surface area contributed by atoms with E-state index in [-0.39, 0.29) is 17.0 Å². The highest BCUT2D eigenvalue weighted by Crippen LogP contribution is 2.34. The molecule has 0 spiro atoms. The fourth-order valence-electron chi connectivity index (χ4n) is 2.33. The summed E-state index contributed by atoms with van der Waals surface area (Å²) in [5.74, 6) is 0.148. The molecule has 0 aliphatic heterocycles. The Kier molecular flexibility index (Phi) is 8.41. The highest BCUT2D eigenvalue weighted by Gasteiger charge is 2.15. The van der Waals surface area contributed by atoms with E-state index in [0.29, 0.717) is 39.8 Å². The molecule has 0 unspecified atom stereocenters. The van der Waals surface area contributed by atoms with Gasteiger partial charge in [-0.05, 0) is 49.7 Å². The maximum atomic E-state index is 12.3. The van der Waals surface area contributed by atoms with E-state index < -0.39 is 11.8 Å². The van der Waals surface area contributed by atoms with Crippen LogP contribution in [-0.4, -0.2) is 25.0 Å². The van der Waals surface area contributed by atoms with Gasteiger partial charge in [-0.1, -0.05) is 39.1 Å². The summed E-state index contributed by atoms with van der Waals surface area (Å²) in [6.07, 6.45) is 0.0105. The number of carbonyl (C=O) groups excluding carboxylic acids is 2. The van der Waals surface area contributed by atoms with Gasteiger partial charge in [0.15, 0.2) is 11.5 Å². The number of hydrazine groups is 1. The van der Waals surface area contributed by atoms with Crippen molar-refractivity contribution in [3.05, 3.63) is 56.0 Å². The summed E-state index contributed by atoms with van der Waals surface area (Å²) >= 11 is 15.3. The van der Waals surface area contributed by atoms with Crippen LogP contribution in [0.2, 0.25) is 10.0 Å². The van der Waals surface area contributed by atoms with E-state index in [4.69, 9.17) is 32.7 Å². The molecule has 6 nitrogen and oxygen atoms in total. The number of hydrogen-bond acceptors (Lipinski definition) is 4. The number of nitrogens with one attached hydrogen (secondary N) is 2. The summed E-state index contributed by atoms with van der Waals surface area (Å²) in [6.45, 7) is 4.69. The molecule has 2 aromatic rings. The average molecular weight is 490 g/mol. The first-order valence-electron chi connectivity index (χ1n) is 8.47. The Balaban J connectivity index is 2.05. The second kappa shape index (κ2) is 10.5. The van der Waals surface area contributed by atoms with Crippen LogP contribution in [0.5, 0.6) is 11.5 Å². The molecular formula is C19H19BrCl2N2O4. The van der Waals surface area contributed by atoms with Gasteiger partial charge in [0.25, 0.3) is 5.91 Å². The second-order valence-electron chi connectivity index (χ2n) is 5.56. The molecule has 0 aromatic heterocycles. The number of halogens is 3. The maximum Gasteiger partial charge on any atom is 0.271 e. The molecule has 2 N–H and O–H groups in total. The average Bonchev–Trinajstić information content (AvgIpc) is 2.65. The lowest BCUT2D eigenvalue weighted by Gasteiger charge is -2.14. The van der Waals surface area contributed by atoms with Crippen molar-refractivity contribution in [1.29, 1.82) is 0 Å². The number of ether oxygens (including phenoxy) is 2. The normalized spacial score (nSPS) is 10.3. The zero-order valence-corrected chi connectivity index (χ0v) is 18.4. The van der Waals surface area contributed by atoms with Crippen molar-refractivity contribution < 1.29 is 19.1 Å². The van der Waals surface area contributed by atoms with Crippen LogP contribution in [0.15, 0.2) is 34.8 Å². The van der Waals surface area contributed by atoms with E-state index in [0.717, 1.165) is 0 Å². The van der Waals surface area contributed by atoms with Gasteiger partial charge in [0.1, 0.15) is 0 Å². The Hall–Kier alpha value is -1.96. The molecule has 28 heavy (non-hydrogen) atoms. The number of amides is 2. The third-order valence-electron chi connectivity index (χ3n) is 3.55. The van der Waals surface area contributed by atoms with E-state index in [1.807, 2.05) is 13.8 Å². The Labute approximate surface area is 181 Å². The van der Waals surface area contributed by atoms with Crippen molar-refractivity contribution in [2.45, 2.75) is 20.3 Å². The van der Waals surface area contributed by atoms with Gasteiger partial charge in [-0.3, -0.25) is 20.4 Å². The minimum atomic E-state index is -0.568. The predicted molar refractivity (Wildman–Crippen MR) is 112 cm³/mol. The van der Waals surface area contributed by atoms with Gasteiger partial charge in [0.05, 0.1) is 30.2 Å². The third-order valence-corrected chi connectivity index (χ3v) is 4.85. The molecule has 0 atom stereocenters. The van der Waals surface area contributed by atoms with Crippen molar-refractivity contribution in [2.24, 2.45) is 0 Å². The highest BCUT2D eigenvalue weighted by atomic mass is 79.9. The molecule has 0 bridgehead atoms. The Bertz CT molecular complexity index is 877. The van der Waals surface area contributed by atoms with Gasteiger partial charge in [-0.25, -0.2) is 0 Å². The third kappa shape index (κ3) is 6.02. The van der Waals surface area contributed by atoms with Crippen molar-refractivity contribution in [2.75, 3.05) is 13.2 Å². The number of benzene rings is 2. The number of hydrogen-bond donors (Lipinski definition) is 2. The van der Waals surface area contributed by atoms with Crippen LogP contribution in [0.1, 0.15) is 29.8 Å². The summed E-state index contributed by atoms with van der Waals surface area (Å²) in [5.41, 5.74) is 5.53. The Morgan fingerprint density at radius 3 is 2.29 bits per heavy atom. The van der Waals surface area contributed by atoms with E-state index in [9.17, 15) is 9.59 Å². The van der Waals surface area contributed by atoms with Crippen LogP contribution in [0.3, 0.4) is 0 Å². The van der Waals surface area contributed by atoms with Crippen LogP contribution in [0.25, 0.3) is 0 Å². The fourth-order valence-corrected chi connectivity index (χ4v) is 3.17. The molecule has 0 saturated heterocycles. The van der Waals surface area contributed by atoms with Crippen molar-refractivity contribution in [3.8, 4) is 11.5 Å². The summed E-state index contributed by atoms with van der Waals surface area (Å²) in [7, 11) is 0. The smallest absolute Gasteiger partial charge is 0.271 e. The molecule has 0 fully saturated rings. The molecule has 0 saturated carbocycles. The van der Waals surface area contributed by atoms with Crippen molar-refractivity contribution in [1.82, 2.24) is 10.9 Å². The van der Waals surface area contributed by atoms with Crippen LogP contribution >= 0.6 is 39.1 Å². The number of rotatable bonds is 7. The Morgan fingerprint density at radius 1 is 1.00 bits per heavy atom. The van der Waals surface area contributed by atoms with Gasteiger partial charge in [0.2, 0.25) is 5.91 Å². The lowest BCUT2D eigenvalue weighted by Crippen LogP contribution is -2.42. The lowest BCUT2D eigenvalue weighted by atomic mass is 10.1. The monoisotopic (exact) mass is 488 g/mol. The van der Waals surface area contributed by atoms with E-state index in [1.54, 1.807) is 18.2 Å². The lowest BCUT2D eigenvalue weighted by molar-refractivity contribution is -0.121. The topological polar surface area (TPSA) is 76.7 Å². The molecule has 0 aliphatic rings. The van der Waals surface area contributed by atoms with E-state index >= 15 is 0 Å². The van der Waals surface area contributed by atoms with Gasteiger partial charge >= 0.3 is 0 Å². The van der Waals surface area contributed by atoms with E-state index in [2.05, 4.69) is 26.8 Å². The van der Waals surface area contributed by atoms with Crippen molar-refractivity contribution >= 4 is 50.9 Å². The van der Waals surface area contributed by atoms with E-state index in [1.165, 1.54) is 12.1 Å². The molecule has 2 rings (SSSR count). The van der Waals surface area contributed by atoms with Crippen molar-refractivity contribution in [3.63, 3.8) is 0 Å². The summed E-state index contributed by atoms with van der Waals surface area (Å²) < 4.78 is 11.8. The Morgan fingerprint density at radius 2 is 1.64 bits per heavy atom. The largest absolute Gasteiger partial charge is 0.490 e. The molecule has 150 valence electrons. The fraction of sp³-hybridized carbons (Fsp3) is 0.263. The molecule has 2 amide bonds. The maximum absolute atomic E-state index is 12.3. The van der Waals surface area contributed by atoms with Crippen LogP contribution < -0.4 is 20.3 Å². The second-order valence-corrected chi connectivity index (χ2v) is 7.26. The molecule has 0 aliphatic carbocycles. The summed E-state index contributed by atoms with van der Waals surface area (Å²) in [5, 5.41) is 0.592. The first kappa shape index (κ1) is 22.3. The highest BCUT2D eigenvalue weighted by molar-refractivity contribution is 9.10. The standard InChI is InChI=1S/C19H19BrCl2N2O4/c1-3-27-16-7-11(14(20)10-17(16)28-4-2)8-18(25)23-24-19(26)13-9-12(21)5-6-15(13)22/h5-7,9-10H,3-4,8H2,1-2H3,(H,23,25)(H,24,26).